The Morgan fingerprint density at radius 3 is 2.58 bits per heavy atom. The third kappa shape index (κ3) is 9.74. The molecule has 1 aromatic heterocycles. The third-order valence-corrected chi connectivity index (χ3v) is 8.98. The molecule has 236 valence electrons. The predicted octanol–water partition coefficient (Wildman–Crippen LogP) is 5.68. The second kappa shape index (κ2) is 14.5. The smallest absolute Gasteiger partial charge is 0.407 e. The van der Waals surface area contributed by atoms with E-state index in [1.165, 1.54) is 23.5 Å². The van der Waals surface area contributed by atoms with Crippen LogP contribution < -0.4 is 20.1 Å². The molecule has 3 aromatic carbocycles. The van der Waals surface area contributed by atoms with Crippen molar-refractivity contribution in [2.45, 2.75) is 56.6 Å². The number of hydrogen-bond donors (Lipinski definition) is 3. The van der Waals surface area contributed by atoms with Gasteiger partial charge in [-0.3, -0.25) is 4.79 Å². The summed E-state index contributed by atoms with van der Waals surface area (Å²) in [6, 6.07) is 19.8. The fourth-order valence-electron chi connectivity index (χ4n) is 4.36. The van der Waals surface area contributed by atoms with Crippen LogP contribution in [-0.4, -0.2) is 44.7 Å². The van der Waals surface area contributed by atoms with E-state index in [2.05, 4.69) is 21.4 Å². The lowest BCUT2D eigenvalue weighted by Gasteiger charge is -2.19. The first kappa shape index (κ1) is 33.4. The minimum Gasteiger partial charge on any atom is -0.497 e. The Morgan fingerprint density at radius 2 is 1.84 bits per heavy atom. The number of aromatic nitrogens is 1. The van der Waals surface area contributed by atoms with Gasteiger partial charge in [0.2, 0.25) is 15.9 Å². The lowest BCUT2D eigenvalue weighted by atomic mass is 10.0. The molecule has 2 amide bonds. The number of ether oxygens (including phenoxy) is 2. The Balaban J connectivity index is 1.48. The van der Waals surface area contributed by atoms with Crippen LogP contribution in [-0.2, 0) is 26.0 Å². The van der Waals surface area contributed by atoms with Crippen LogP contribution in [0.3, 0.4) is 0 Å². The van der Waals surface area contributed by atoms with Crippen LogP contribution in [0.4, 0.5) is 10.5 Å². The van der Waals surface area contributed by atoms with Crippen molar-refractivity contribution < 1.29 is 27.5 Å². The third-order valence-electron chi connectivity index (χ3n) is 6.38. The molecule has 4 aromatic rings. The Bertz CT molecular complexity index is 1830. The fourth-order valence-corrected chi connectivity index (χ4v) is 6.72. The maximum Gasteiger partial charge on any atom is 0.407 e. The molecule has 0 spiro atoms. The molecular weight excluding hydrogens is 615 g/mol. The van der Waals surface area contributed by atoms with Gasteiger partial charge in [-0.1, -0.05) is 18.2 Å². The summed E-state index contributed by atoms with van der Waals surface area (Å²) < 4.78 is 41.5. The average molecular weight is 650 g/mol. The van der Waals surface area contributed by atoms with Gasteiger partial charge in [0.1, 0.15) is 16.4 Å². The molecule has 13 heteroatoms. The largest absolute Gasteiger partial charge is 0.497 e. The molecule has 0 saturated carbocycles. The van der Waals surface area contributed by atoms with E-state index in [0.29, 0.717) is 33.9 Å². The molecule has 11 nitrogen and oxygen atoms in total. The van der Waals surface area contributed by atoms with Gasteiger partial charge in [-0.15, -0.1) is 11.3 Å². The maximum absolute atomic E-state index is 13.7. The minimum absolute atomic E-state index is 0.0366. The molecule has 1 unspecified atom stereocenters. The number of hydrogen-bond acceptors (Lipinski definition) is 9. The molecular formula is C32H35N5O6S2. The highest BCUT2D eigenvalue weighted by atomic mass is 32.2. The Morgan fingerprint density at radius 1 is 1.07 bits per heavy atom. The first-order valence-electron chi connectivity index (χ1n) is 14.2. The zero-order valence-corrected chi connectivity index (χ0v) is 27.1. The molecule has 4 rings (SSSR count). The summed E-state index contributed by atoms with van der Waals surface area (Å²) in [4.78, 5) is 29.0. The molecule has 45 heavy (non-hydrogen) atoms. The van der Waals surface area contributed by atoms with Gasteiger partial charge in [-0.05, 0) is 87.7 Å². The number of alkyl carbamates (subject to hydrolysis) is 1. The molecule has 0 bridgehead atoms. The van der Waals surface area contributed by atoms with Crippen LogP contribution >= 0.6 is 11.3 Å². The minimum atomic E-state index is -4.08. The number of anilines is 1. The number of carbonyl (C=O) groups is 2. The molecule has 1 heterocycles. The number of amides is 2. The van der Waals surface area contributed by atoms with Gasteiger partial charge in [0.25, 0.3) is 0 Å². The summed E-state index contributed by atoms with van der Waals surface area (Å²) in [5.41, 5.74) is 1.63. The normalized spacial score (nSPS) is 12.2. The summed E-state index contributed by atoms with van der Waals surface area (Å²) in [6.07, 6.45) is 0.166. The summed E-state index contributed by atoms with van der Waals surface area (Å²) in [5, 5.41) is 15.2. The summed E-state index contributed by atoms with van der Waals surface area (Å²) in [6.45, 7) is 5.53. The standard InChI is InChI=1S/C32H35N5O6S2/c1-32(2,3)43-31(39)34-15-7-12-29(38)35-23-10-6-11-25(18-23)45(40,41)37-27(17-21-8-5-9-22(16-21)20-33)30-36-26-14-13-24(42-4)19-28(26)44-30/h5-6,8-11,13-14,16,18-19,27,37H,7,12,15,17H2,1-4H3,(H,34,39)(H,35,38). The maximum atomic E-state index is 13.7. The van der Waals surface area contributed by atoms with Crippen molar-refractivity contribution in [3.63, 3.8) is 0 Å². The van der Waals surface area contributed by atoms with Crippen molar-refractivity contribution in [3.05, 3.63) is 82.9 Å². The Kier molecular flexibility index (Phi) is 10.8. The van der Waals surface area contributed by atoms with Gasteiger partial charge in [-0.25, -0.2) is 22.9 Å². The molecule has 0 fully saturated rings. The average Bonchev–Trinajstić information content (AvgIpc) is 3.42. The molecule has 0 aliphatic heterocycles. The number of nitrogens with one attached hydrogen (secondary N) is 3. The lowest BCUT2D eigenvalue weighted by Crippen LogP contribution is -2.33. The Hall–Kier alpha value is -4.51. The van der Waals surface area contributed by atoms with E-state index in [1.54, 1.807) is 64.3 Å². The molecule has 0 aliphatic carbocycles. The second-order valence-electron chi connectivity index (χ2n) is 11.2. The van der Waals surface area contributed by atoms with Gasteiger partial charge >= 0.3 is 6.09 Å². The fraction of sp³-hybridized carbons (Fsp3) is 0.312. The number of rotatable bonds is 12. The summed E-state index contributed by atoms with van der Waals surface area (Å²) in [5.74, 6) is 0.332. The van der Waals surface area contributed by atoms with Crippen molar-refractivity contribution in [3.8, 4) is 11.8 Å². The van der Waals surface area contributed by atoms with Gasteiger partial charge in [-0.2, -0.15) is 5.26 Å². The van der Waals surface area contributed by atoms with E-state index in [4.69, 9.17) is 14.5 Å². The van der Waals surface area contributed by atoms with E-state index in [9.17, 15) is 23.3 Å². The number of sulfonamides is 1. The topological polar surface area (TPSA) is 160 Å². The van der Waals surface area contributed by atoms with Gasteiger partial charge < -0.3 is 20.1 Å². The highest BCUT2D eigenvalue weighted by molar-refractivity contribution is 7.89. The second-order valence-corrected chi connectivity index (χ2v) is 14.0. The number of fused-ring (bicyclic) bond motifs is 1. The predicted molar refractivity (Wildman–Crippen MR) is 173 cm³/mol. The van der Waals surface area contributed by atoms with Gasteiger partial charge in [0.05, 0.1) is 39.9 Å². The number of benzene rings is 3. The highest BCUT2D eigenvalue weighted by Crippen LogP contribution is 2.32. The number of thiazole rings is 1. The van der Waals surface area contributed by atoms with Crippen molar-refractivity contribution in [2.24, 2.45) is 0 Å². The van der Waals surface area contributed by atoms with Gasteiger partial charge in [0.15, 0.2) is 0 Å². The first-order chi connectivity index (χ1) is 21.3. The molecule has 0 saturated heterocycles. The number of nitrogens with zero attached hydrogens (tertiary/aromatic N) is 2. The van der Waals surface area contributed by atoms with Gasteiger partial charge in [0, 0.05) is 18.7 Å². The van der Waals surface area contributed by atoms with Crippen molar-refractivity contribution in [2.75, 3.05) is 19.0 Å². The van der Waals surface area contributed by atoms with Crippen LogP contribution in [0, 0.1) is 11.3 Å². The Labute approximate surface area is 266 Å². The zero-order valence-electron chi connectivity index (χ0n) is 25.4. The van der Waals surface area contributed by atoms with E-state index in [1.807, 2.05) is 18.2 Å². The summed E-state index contributed by atoms with van der Waals surface area (Å²) >= 11 is 1.35. The monoisotopic (exact) mass is 649 g/mol. The zero-order chi connectivity index (χ0) is 32.6. The first-order valence-corrected chi connectivity index (χ1v) is 16.5. The van der Waals surface area contributed by atoms with Crippen LogP contribution in [0.25, 0.3) is 10.2 Å². The van der Waals surface area contributed by atoms with Crippen molar-refractivity contribution in [1.29, 1.82) is 5.26 Å². The SMILES string of the molecule is COc1ccc2nc(C(Cc3cccc(C#N)c3)NS(=O)(=O)c3cccc(NC(=O)CCCNC(=O)OC(C)(C)C)c3)sc2c1. The number of nitriles is 1. The lowest BCUT2D eigenvalue weighted by molar-refractivity contribution is -0.116. The van der Waals surface area contributed by atoms with E-state index in [-0.39, 0.29) is 30.2 Å². The number of carbonyl (C=O) groups excluding carboxylic acids is 2. The van der Waals surface area contributed by atoms with Crippen LogP contribution in [0.1, 0.15) is 55.8 Å². The van der Waals surface area contributed by atoms with Crippen LogP contribution in [0.2, 0.25) is 0 Å². The summed E-state index contributed by atoms with van der Waals surface area (Å²) in [7, 11) is -2.51. The van der Waals surface area contributed by atoms with E-state index >= 15 is 0 Å². The van der Waals surface area contributed by atoms with Crippen molar-refractivity contribution >= 4 is 49.3 Å². The highest BCUT2D eigenvalue weighted by Gasteiger charge is 2.25. The molecule has 0 radical (unpaired) electrons. The van der Waals surface area contributed by atoms with Crippen molar-refractivity contribution in [1.82, 2.24) is 15.0 Å². The van der Waals surface area contributed by atoms with Crippen LogP contribution in [0.15, 0.2) is 71.6 Å². The molecule has 3 N–H and O–H groups in total. The number of methoxy groups -OCH3 is 1. The van der Waals surface area contributed by atoms with E-state index in [0.717, 1.165) is 10.3 Å². The van der Waals surface area contributed by atoms with Crippen LogP contribution in [0.5, 0.6) is 5.75 Å². The molecule has 0 aliphatic rings. The quantitative estimate of drug-likeness (QED) is 0.165. The molecule has 1 atom stereocenters. The van der Waals surface area contributed by atoms with E-state index < -0.39 is 27.8 Å².